The molecule has 8 heavy (non-hydrogen) atoms. The molecule has 46 valence electrons. The Balaban J connectivity index is 3.97. The van der Waals surface area contributed by atoms with Gasteiger partial charge in [-0.05, 0) is 12.8 Å². The maximum absolute atomic E-state index is 8.38. The Labute approximate surface area is 55.3 Å². The SMILES string of the molecule is CC(C)C(C)(Cl)C#N. The summed E-state index contributed by atoms with van der Waals surface area (Å²) in [6.45, 7) is 5.58. The number of halogens is 1. The Hall–Kier alpha value is -0.220. The maximum atomic E-state index is 8.38. The van der Waals surface area contributed by atoms with E-state index in [9.17, 15) is 0 Å². The summed E-state index contributed by atoms with van der Waals surface area (Å²) >= 11 is 5.69. The zero-order chi connectivity index (χ0) is 6.78. The molecule has 0 amide bonds. The second-order valence-electron chi connectivity index (χ2n) is 2.34. The third-order valence-electron chi connectivity index (χ3n) is 1.30. The molecule has 0 radical (unpaired) electrons. The third-order valence-corrected chi connectivity index (χ3v) is 1.82. The zero-order valence-corrected chi connectivity index (χ0v) is 6.16. The monoisotopic (exact) mass is 131 g/mol. The lowest BCUT2D eigenvalue weighted by Crippen LogP contribution is -2.20. The van der Waals surface area contributed by atoms with E-state index < -0.39 is 4.87 Å². The summed E-state index contributed by atoms with van der Waals surface area (Å²) in [6.07, 6.45) is 0. The average Bonchev–Trinajstić information content (AvgIpc) is 1.67. The first kappa shape index (κ1) is 7.78. The minimum absolute atomic E-state index is 0.217. The molecule has 0 bridgehead atoms. The quantitative estimate of drug-likeness (QED) is 0.501. The number of hydrogen-bond acceptors (Lipinski definition) is 1. The van der Waals surface area contributed by atoms with Gasteiger partial charge < -0.3 is 0 Å². The second-order valence-corrected chi connectivity index (χ2v) is 3.13. The summed E-state index contributed by atoms with van der Waals surface area (Å²) in [5, 5.41) is 8.38. The summed E-state index contributed by atoms with van der Waals surface area (Å²) in [4.78, 5) is -0.681. The molecule has 0 aliphatic heterocycles. The molecule has 1 nitrogen and oxygen atoms in total. The molecule has 1 atom stereocenters. The average molecular weight is 132 g/mol. The fourth-order valence-corrected chi connectivity index (χ4v) is 0.129. The zero-order valence-electron chi connectivity index (χ0n) is 5.40. The molecular formula is C6H10ClN. The van der Waals surface area contributed by atoms with Gasteiger partial charge in [0.2, 0.25) is 0 Å². The molecule has 0 aromatic rings. The van der Waals surface area contributed by atoms with E-state index in [-0.39, 0.29) is 5.92 Å². The van der Waals surface area contributed by atoms with Gasteiger partial charge in [0.25, 0.3) is 0 Å². The maximum Gasteiger partial charge on any atom is 0.130 e. The number of nitrogens with zero attached hydrogens (tertiary/aromatic N) is 1. The molecule has 0 aliphatic carbocycles. The Bertz CT molecular complexity index is 110. The molecule has 1 unspecified atom stereocenters. The van der Waals surface area contributed by atoms with Gasteiger partial charge in [-0.3, -0.25) is 0 Å². The molecule has 0 heterocycles. The van der Waals surface area contributed by atoms with Crippen LogP contribution < -0.4 is 0 Å². The van der Waals surface area contributed by atoms with Gasteiger partial charge in [0.05, 0.1) is 6.07 Å². The van der Waals surface area contributed by atoms with Crippen molar-refractivity contribution in [1.29, 1.82) is 5.26 Å². The highest BCUT2D eigenvalue weighted by Gasteiger charge is 2.23. The Morgan fingerprint density at radius 3 is 2.00 bits per heavy atom. The molecule has 2 heteroatoms. The molecule has 0 saturated carbocycles. The fourth-order valence-electron chi connectivity index (χ4n) is 0.129. The van der Waals surface area contributed by atoms with Crippen LogP contribution in [0.5, 0.6) is 0 Å². The highest BCUT2D eigenvalue weighted by atomic mass is 35.5. The Morgan fingerprint density at radius 2 is 2.00 bits per heavy atom. The van der Waals surface area contributed by atoms with Gasteiger partial charge in [-0.15, -0.1) is 11.6 Å². The topological polar surface area (TPSA) is 23.8 Å². The molecule has 0 aliphatic rings. The van der Waals surface area contributed by atoms with Crippen LogP contribution in [-0.2, 0) is 0 Å². The summed E-state index contributed by atoms with van der Waals surface area (Å²) in [5.41, 5.74) is 0. The van der Waals surface area contributed by atoms with Crippen molar-refractivity contribution in [3.05, 3.63) is 0 Å². The Kier molecular flexibility index (Phi) is 2.30. The van der Waals surface area contributed by atoms with Gasteiger partial charge in [-0.1, -0.05) is 13.8 Å². The van der Waals surface area contributed by atoms with Crippen LogP contribution in [0, 0.1) is 17.2 Å². The van der Waals surface area contributed by atoms with Crippen LogP contribution in [0.3, 0.4) is 0 Å². The highest BCUT2D eigenvalue weighted by molar-refractivity contribution is 6.25. The lowest BCUT2D eigenvalue weighted by atomic mass is 9.99. The van der Waals surface area contributed by atoms with Gasteiger partial charge in [0.1, 0.15) is 4.87 Å². The predicted molar refractivity (Wildman–Crippen MR) is 34.7 cm³/mol. The van der Waals surface area contributed by atoms with Crippen molar-refractivity contribution in [3.63, 3.8) is 0 Å². The molecule has 0 aromatic heterocycles. The normalized spacial score (nSPS) is 17.5. The first-order chi connectivity index (χ1) is 3.50. The second kappa shape index (κ2) is 2.37. The number of rotatable bonds is 1. The molecule has 0 rings (SSSR count). The van der Waals surface area contributed by atoms with Crippen molar-refractivity contribution in [1.82, 2.24) is 0 Å². The minimum Gasteiger partial charge on any atom is -0.196 e. The van der Waals surface area contributed by atoms with E-state index in [1.807, 2.05) is 19.9 Å². The number of hydrogen-bond donors (Lipinski definition) is 0. The van der Waals surface area contributed by atoms with E-state index in [2.05, 4.69) is 0 Å². The van der Waals surface area contributed by atoms with Crippen LogP contribution in [0.4, 0.5) is 0 Å². The Morgan fingerprint density at radius 1 is 1.62 bits per heavy atom. The molecule has 0 aromatic carbocycles. The van der Waals surface area contributed by atoms with Crippen LogP contribution in [-0.4, -0.2) is 4.87 Å². The van der Waals surface area contributed by atoms with Crippen molar-refractivity contribution in [3.8, 4) is 6.07 Å². The van der Waals surface area contributed by atoms with Gasteiger partial charge >= 0.3 is 0 Å². The molecule has 0 N–H and O–H groups in total. The van der Waals surface area contributed by atoms with Gasteiger partial charge in [-0.25, -0.2) is 0 Å². The van der Waals surface area contributed by atoms with E-state index in [1.54, 1.807) is 6.92 Å². The summed E-state index contributed by atoms with van der Waals surface area (Å²) in [7, 11) is 0. The van der Waals surface area contributed by atoms with Crippen molar-refractivity contribution in [2.24, 2.45) is 5.92 Å². The largest absolute Gasteiger partial charge is 0.196 e. The lowest BCUT2D eigenvalue weighted by molar-refractivity contribution is 0.548. The van der Waals surface area contributed by atoms with E-state index in [0.717, 1.165) is 0 Å². The van der Waals surface area contributed by atoms with Crippen molar-refractivity contribution >= 4 is 11.6 Å². The van der Waals surface area contributed by atoms with Crippen LogP contribution in [0.25, 0.3) is 0 Å². The summed E-state index contributed by atoms with van der Waals surface area (Å²) in [5.74, 6) is 0.217. The summed E-state index contributed by atoms with van der Waals surface area (Å²) in [6, 6.07) is 2.01. The van der Waals surface area contributed by atoms with Gasteiger partial charge in [0, 0.05) is 0 Å². The highest BCUT2D eigenvalue weighted by Crippen LogP contribution is 2.22. The van der Waals surface area contributed by atoms with Crippen LogP contribution in [0.2, 0.25) is 0 Å². The van der Waals surface area contributed by atoms with Crippen molar-refractivity contribution in [2.45, 2.75) is 25.6 Å². The number of nitriles is 1. The molecule has 0 saturated heterocycles. The van der Waals surface area contributed by atoms with E-state index >= 15 is 0 Å². The first-order valence-electron chi connectivity index (χ1n) is 2.61. The third kappa shape index (κ3) is 1.71. The standard InChI is InChI=1S/C6H10ClN/c1-5(2)6(3,7)4-8/h5H,1-3H3. The number of alkyl halides is 1. The molecule has 0 fully saturated rings. The smallest absolute Gasteiger partial charge is 0.130 e. The molecule has 0 spiro atoms. The van der Waals surface area contributed by atoms with Gasteiger partial charge in [-0.2, -0.15) is 5.26 Å². The van der Waals surface area contributed by atoms with Crippen LogP contribution in [0.1, 0.15) is 20.8 Å². The van der Waals surface area contributed by atoms with E-state index in [4.69, 9.17) is 16.9 Å². The van der Waals surface area contributed by atoms with Crippen LogP contribution >= 0.6 is 11.6 Å². The molecular weight excluding hydrogens is 122 g/mol. The lowest BCUT2D eigenvalue weighted by Gasteiger charge is -2.15. The fraction of sp³-hybridized carbons (Fsp3) is 0.833. The first-order valence-corrected chi connectivity index (χ1v) is 2.98. The minimum atomic E-state index is -0.681. The van der Waals surface area contributed by atoms with Gasteiger partial charge in [0.15, 0.2) is 0 Å². The van der Waals surface area contributed by atoms with Crippen LogP contribution in [0.15, 0.2) is 0 Å². The van der Waals surface area contributed by atoms with Crippen molar-refractivity contribution < 1.29 is 0 Å². The van der Waals surface area contributed by atoms with E-state index in [0.29, 0.717) is 0 Å². The summed E-state index contributed by atoms with van der Waals surface area (Å²) < 4.78 is 0. The van der Waals surface area contributed by atoms with Crippen molar-refractivity contribution in [2.75, 3.05) is 0 Å². The van der Waals surface area contributed by atoms with E-state index in [1.165, 1.54) is 0 Å². The predicted octanol–water partition coefficient (Wildman–Crippen LogP) is 2.16.